The van der Waals surface area contributed by atoms with Crippen LogP contribution < -0.4 is 5.32 Å². The molecule has 1 fully saturated rings. The van der Waals surface area contributed by atoms with E-state index in [0.29, 0.717) is 22.5 Å². The maximum absolute atomic E-state index is 13.5. The van der Waals surface area contributed by atoms with E-state index in [4.69, 9.17) is 4.42 Å². The summed E-state index contributed by atoms with van der Waals surface area (Å²) in [6.45, 7) is 5.28. The predicted octanol–water partition coefficient (Wildman–Crippen LogP) is 3.38. The molecule has 0 spiro atoms. The third kappa shape index (κ3) is 5.49. The van der Waals surface area contributed by atoms with E-state index in [9.17, 15) is 23.3 Å². The molecule has 3 aromatic rings. The second-order valence-electron chi connectivity index (χ2n) is 9.59. The number of nitriles is 1. The van der Waals surface area contributed by atoms with Gasteiger partial charge in [-0.15, -0.1) is 0 Å². The zero-order valence-electron chi connectivity index (χ0n) is 21.5. The van der Waals surface area contributed by atoms with Crippen LogP contribution in [0.2, 0.25) is 0 Å². The number of benzene rings is 2. The first-order valence-electron chi connectivity index (χ1n) is 12.4. The average molecular weight is 535 g/mol. The molecule has 0 saturated carbocycles. The number of piperazine rings is 1. The first kappa shape index (κ1) is 27.1. The summed E-state index contributed by atoms with van der Waals surface area (Å²) in [5.41, 5.74) is 1.73. The van der Waals surface area contributed by atoms with E-state index in [-0.39, 0.29) is 36.4 Å². The molecule has 2 aromatic carbocycles. The molecule has 2 unspecified atom stereocenters. The summed E-state index contributed by atoms with van der Waals surface area (Å²) in [5.74, 6) is -0.482. The van der Waals surface area contributed by atoms with E-state index in [0.717, 1.165) is 0 Å². The van der Waals surface area contributed by atoms with E-state index in [2.05, 4.69) is 11.4 Å². The third-order valence-corrected chi connectivity index (χ3v) is 8.39. The summed E-state index contributed by atoms with van der Waals surface area (Å²) >= 11 is 0. The standard InChI is InChI=1S/C28H30N4O5S/c1-19(2)28(34)32-20(3)17-31(38(35,36)23-8-5-4-6-9-23)18-25(32)27(33)30-16-21-11-12-24(22(14-21)15-29)26-10-7-13-37-26/h4-14,19-20,25H,16-18H2,1-3H3,(H,30,33). The highest BCUT2D eigenvalue weighted by atomic mass is 32.2. The number of nitrogens with zero attached hydrogens (tertiary/aromatic N) is 3. The van der Waals surface area contributed by atoms with Gasteiger partial charge in [-0.05, 0) is 48.9 Å². The lowest BCUT2D eigenvalue weighted by atomic mass is 10.0. The Morgan fingerprint density at radius 1 is 1.11 bits per heavy atom. The minimum Gasteiger partial charge on any atom is -0.464 e. The Hall–Kier alpha value is -3.94. The fraction of sp³-hybridized carbons (Fsp3) is 0.321. The van der Waals surface area contributed by atoms with Crippen LogP contribution in [0, 0.1) is 17.2 Å². The topological polar surface area (TPSA) is 124 Å². The van der Waals surface area contributed by atoms with Crippen molar-refractivity contribution in [2.45, 2.75) is 44.3 Å². The smallest absolute Gasteiger partial charge is 0.244 e. The molecule has 1 saturated heterocycles. The molecule has 1 N–H and O–H groups in total. The van der Waals surface area contributed by atoms with Crippen LogP contribution in [-0.4, -0.2) is 54.6 Å². The Morgan fingerprint density at radius 2 is 1.84 bits per heavy atom. The summed E-state index contributed by atoms with van der Waals surface area (Å²) in [7, 11) is -3.86. The molecule has 9 nitrogen and oxygen atoms in total. The summed E-state index contributed by atoms with van der Waals surface area (Å²) in [5, 5.41) is 12.5. The molecule has 1 aliphatic rings. The number of sulfonamides is 1. The molecule has 38 heavy (non-hydrogen) atoms. The first-order valence-corrected chi connectivity index (χ1v) is 13.8. The lowest BCUT2D eigenvalue weighted by Crippen LogP contribution is -2.65. The highest BCUT2D eigenvalue weighted by Gasteiger charge is 2.43. The van der Waals surface area contributed by atoms with Gasteiger partial charge in [0.1, 0.15) is 11.8 Å². The Balaban J connectivity index is 1.57. The second kappa shape index (κ2) is 11.2. The monoisotopic (exact) mass is 534 g/mol. The minimum atomic E-state index is -3.86. The predicted molar refractivity (Wildman–Crippen MR) is 141 cm³/mol. The second-order valence-corrected chi connectivity index (χ2v) is 11.5. The molecule has 2 amide bonds. The normalized spacial score (nSPS) is 18.2. The molecule has 1 aromatic heterocycles. The average Bonchev–Trinajstić information content (AvgIpc) is 3.46. The highest BCUT2D eigenvalue weighted by Crippen LogP contribution is 2.26. The molecule has 2 atom stereocenters. The van der Waals surface area contributed by atoms with Crippen molar-refractivity contribution in [1.29, 1.82) is 5.26 Å². The molecule has 198 valence electrons. The summed E-state index contributed by atoms with van der Waals surface area (Å²) in [4.78, 5) is 28.2. The zero-order chi connectivity index (χ0) is 27.4. The Morgan fingerprint density at radius 3 is 2.47 bits per heavy atom. The van der Waals surface area contributed by atoms with E-state index >= 15 is 0 Å². The van der Waals surface area contributed by atoms with Crippen molar-refractivity contribution in [3.63, 3.8) is 0 Å². The third-order valence-electron chi connectivity index (χ3n) is 6.54. The molecule has 0 radical (unpaired) electrons. The van der Waals surface area contributed by atoms with Crippen molar-refractivity contribution in [3.8, 4) is 17.4 Å². The van der Waals surface area contributed by atoms with Crippen molar-refractivity contribution in [3.05, 3.63) is 78.1 Å². The van der Waals surface area contributed by atoms with Gasteiger partial charge in [0.05, 0.1) is 22.8 Å². The SMILES string of the molecule is CC(C)C(=O)N1C(C)CN(S(=O)(=O)c2ccccc2)CC1C(=O)NCc1ccc(-c2ccco2)c(C#N)c1. The van der Waals surface area contributed by atoms with Gasteiger partial charge >= 0.3 is 0 Å². The molecule has 1 aliphatic heterocycles. The van der Waals surface area contributed by atoms with Crippen molar-refractivity contribution in [1.82, 2.24) is 14.5 Å². The molecule has 4 rings (SSSR count). The number of carbonyl (C=O) groups is 2. The molecule has 0 aliphatic carbocycles. The van der Waals surface area contributed by atoms with Gasteiger partial charge in [-0.2, -0.15) is 9.57 Å². The molecular weight excluding hydrogens is 504 g/mol. The van der Waals surface area contributed by atoms with Gasteiger partial charge in [0.2, 0.25) is 21.8 Å². The van der Waals surface area contributed by atoms with Gasteiger partial charge in [0.15, 0.2) is 0 Å². The van der Waals surface area contributed by atoms with Crippen LogP contribution in [0.25, 0.3) is 11.3 Å². The van der Waals surface area contributed by atoms with Gasteiger partial charge in [-0.3, -0.25) is 9.59 Å². The lowest BCUT2D eigenvalue weighted by Gasteiger charge is -2.44. The van der Waals surface area contributed by atoms with Gasteiger partial charge in [-0.1, -0.05) is 38.1 Å². The Kier molecular flexibility index (Phi) is 7.99. The summed E-state index contributed by atoms with van der Waals surface area (Å²) < 4.78 is 33.4. The quantitative estimate of drug-likeness (QED) is 0.496. The van der Waals surface area contributed by atoms with E-state index in [1.54, 1.807) is 69.3 Å². The largest absolute Gasteiger partial charge is 0.464 e. The number of amides is 2. The van der Waals surface area contributed by atoms with Crippen molar-refractivity contribution in [2.75, 3.05) is 13.1 Å². The lowest BCUT2D eigenvalue weighted by molar-refractivity contribution is -0.148. The van der Waals surface area contributed by atoms with E-state index in [1.165, 1.54) is 27.6 Å². The maximum Gasteiger partial charge on any atom is 0.244 e. The maximum atomic E-state index is 13.5. The first-order chi connectivity index (χ1) is 18.1. The minimum absolute atomic E-state index is 0.0826. The van der Waals surface area contributed by atoms with Gasteiger partial charge < -0.3 is 14.6 Å². The number of carbonyl (C=O) groups excluding carboxylic acids is 2. The van der Waals surface area contributed by atoms with Crippen LogP contribution in [0.5, 0.6) is 0 Å². The number of nitrogens with one attached hydrogen (secondary N) is 1. The van der Waals surface area contributed by atoms with Crippen molar-refractivity contribution in [2.24, 2.45) is 5.92 Å². The van der Waals surface area contributed by atoms with Crippen molar-refractivity contribution < 1.29 is 22.4 Å². The van der Waals surface area contributed by atoms with Gasteiger partial charge in [0.25, 0.3) is 0 Å². The van der Waals surface area contributed by atoms with Crippen LogP contribution in [0.4, 0.5) is 0 Å². The van der Waals surface area contributed by atoms with E-state index < -0.39 is 28.0 Å². The molecule has 10 heteroatoms. The molecular formula is C28H30N4O5S. The van der Waals surface area contributed by atoms with Crippen LogP contribution in [0.1, 0.15) is 31.9 Å². The summed E-state index contributed by atoms with van der Waals surface area (Å²) in [6, 6.07) is 17.4. The van der Waals surface area contributed by atoms with Crippen LogP contribution in [0.15, 0.2) is 76.2 Å². The Bertz CT molecular complexity index is 1450. The van der Waals surface area contributed by atoms with Crippen LogP contribution in [0.3, 0.4) is 0 Å². The molecule has 2 heterocycles. The number of furan rings is 1. The van der Waals surface area contributed by atoms with Crippen molar-refractivity contribution >= 4 is 21.8 Å². The number of hydrogen-bond acceptors (Lipinski definition) is 6. The number of rotatable bonds is 7. The number of hydrogen-bond donors (Lipinski definition) is 1. The van der Waals surface area contributed by atoms with Gasteiger partial charge in [-0.25, -0.2) is 8.42 Å². The van der Waals surface area contributed by atoms with Crippen LogP contribution in [-0.2, 0) is 26.2 Å². The molecule has 0 bridgehead atoms. The Labute approximate surface area is 222 Å². The zero-order valence-corrected chi connectivity index (χ0v) is 22.3. The highest BCUT2D eigenvalue weighted by molar-refractivity contribution is 7.89. The van der Waals surface area contributed by atoms with Gasteiger partial charge in [0, 0.05) is 37.2 Å². The van der Waals surface area contributed by atoms with Crippen LogP contribution >= 0.6 is 0 Å². The van der Waals surface area contributed by atoms with E-state index in [1.807, 2.05) is 0 Å². The summed E-state index contributed by atoms with van der Waals surface area (Å²) in [6.07, 6.45) is 1.53. The fourth-order valence-corrected chi connectivity index (χ4v) is 6.16. The fourth-order valence-electron chi connectivity index (χ4n) is 4.61.